The first-order chi connectivity index (χ1) is 13.9. The second kappa shape index (κ2) is 9.58. The lowest BCUT2D eigenvalue weighted by molar-refractivity contribution is -0.142. The summed E-state index contributed by atoms with van der Waals surface area (Å²) >= 11 is 11.8. The lowest BCUT2D eigenvalue weighted by Gasteiger charge is -2.14. The van der Waals surface area contributed by atoms with Gasteiger partial charge in [0.2, 0.25) is 0 Å². The zero-order chi connectivity index (χ0) is 20.8. The van der Waals surface area contributed by atoms with Crippen LogP contribution in [-0.4, -0.2) is 11.0 Å². The standard InChI is InChI=1S/C22H20ClNO4S/c1-14-19(9-10-26-14)22(29)24-18-7-8-20(23)17(11-18)13-28-21-6-4-3-5-16(21)12-27-15(2)25/h3-11H,12-13H2,1-2H3,(H,24,29). The molecule has 1 heterocycles. The third-order valence-electron chi connectivity index (χ3n) is 4.19. The van der Waals surface area contributed by atoms with Crippen molar-refractivity contribution >= 4 is 40.5 Å². The topological polar surface area (TPSA) is 60.7 Å². The van der Waals surface area contributed by atoms with Crippen molar-refractivity contribution in [1.29, 1.82) is 0 Å². The lowest BCUT2D eigenvalue weighted by atomic mass is 10.2. The molecule has 0 atom stereocenters. The highest BCUT2D eigenvalue weighted by atomic mass is 35.5. The monoisotopic (exact) mass is 429 g/mol. The van der Waals surface area contributed by atoms with Crippen molar-refractivity contribution < 1.29 is 18.7 Å². The highest BCUT2D eigenvalue weighted by molar-refractivity contribution is 7.81. The molecule has 0 aliphatic rings. The van der Waals surface area contributed by atoms with Crippen molar-refractivity contribution in [2.75, 3.05) is 5.32 Å². The Bertz CT molecular complexity index is 1030. The van der Waals surface area contributed by atoms with Crippen molar-refractivity contribution in [2.24, 2.45) is 0 Å². The molecule has 1 N–H and O–H groups in total. The van der Waals surface area contributed by atoms with Crippen LogP contribution in [0.3, 0.4) is 0 Å². The van der Waals surface area contributed by atoms with E-state index in [0.717, 1.165) is 28.1 Å². The summed E-state index contributed by atoms with van der Waals surface area (Å²) in [6.07, 6.45) is 1.60. The fourth-order valence-corrected chi connectivity index (χ4v) is 3.18. The minimum Gasteiger partial charge on any atom is -0.488 e. The largest absolute Gasteiger partial charge is 0.488 e. The van der Waals surface area contributed by atoms with Gasteiger partial charge in [0.05, 0.1) is 11.8 Å². The van der Waals surface area contributed by atoms with E-state index in [1.54, 1.807) is 12.3 Å². The van der Waals surface area contributed by atoms with Gasteiger partial charge in [-0.25, -0.2) is 0 Å². The average molecular weight is 430 g/mol. The quantitative estimate of drug-likeness (QED) is 0.385. The number of hydrogen-bond donors (Lipinski definition) is 1. The number of furan rings is 1. The van der Waals surface area contributed by atoms with Gasteiger partial charge in [0.15, 0.2) is 0 Å². The van der Waals surface area contributed by atoms with Crippen LogP contribution in [0.5, 0.6) is 5.75 Å². The van der Waals surface area contributed by atoms with Gasteiger partial charge in [-0.3, -0.25) is 4.79 Å². The molecule has 0 bridgehead atoms. The molecule has 0 saturated heterocycles. The van der Waals surface area contributed by atoms with Crippen LogP contribution in [0, 0.1) is 6.92 Å². The van der Waals surface area contributed by atoms with Crippen LogP contribution in [-0.2, 0) is 22.7 Å². The lowest BCUT2D eigenvalue weighted by Crippen LogP contribution is -2.11. The Morgan fingerprint density at radius 2 is 1.93 bits per heavy atom. The summed E-state index contributed by atoms with van der Waals surface area (Å²) < 4.78 is 16.3. The number of halogens is 1. The van der Waals surface area contributed by atoms with E-state index in [9.17, 15) is 4.79 Å². The van der Waals surface area contributed by atoms with E-state index in [4.69, 9.17) is 37.7 Å². The maximum Gasteiger partial charge on any atom is 0.302 e. The van der Waals surface area contributed by atoms with Crippen LogP contribution in [0.4, 0.5) is 5.69 Å². The van der Waals surface area contributed by atoms with Crippen LogP contribution in [0.15, 0.2) is 59.2 Å². The normalized spacial score (nSPS) is 10.4. The number of nitrogens with one attached hydrogen (secondary N) is 1. The Labute approximate surface area is 179 Å². The zero-order valence-electron chi connectivity index (χ0n) is 16.0. The van der Waals surface area contributed by atoms with Gasteiger partial charge in [-0.05, 0) is 37.3 Å². The van der Waals surface area contributed by atoms with Gasteiger partial charge < -0.3 is 19.2 Å². The Hall–Kier alpha value is -2.83. The number of esters is 1. The summed E-state index contributed by atoms with van der Waals surface area (Å²) in [5.41, 5.74) is 3.22. The molecule has 0 aliphatic carbocycles. The molecule has 1 aromatic heterocycles. The SMILES string of the molecule is CC(=O)OCc1ccccc1OCc1cc(NC(=S)c2ccoc2C)ccc1Cl. The van der Waals surface area contributed by atoms with Crippen molar-refractivity contribution in [3.05, 3.63) is 82.3 Å². The van der Waals surface area contributed by atoms with Gasteiger partial charge in [0, 0.05) is 28.8 Å². The van der Waals surface area contributed by atoms with Crippen LogP contribution < -0.4 is 10.1 Å². The third-order valence-corrected chi connectivity index (χ3v) is 4.88. The molecule has 29 heavy (non-hydrogen) atoms. The number of carbonyl (C=O) groups is 1. The summed E-state index contributed by atoms with van der Waals surface area (Å²) in [5.74, 6) is 1.04. The molecule has 3 aromatic rings. The molecule has 0 saturated carbocycles. The Morgan fingerprint density at radius 1 is 1.14 bits per heavy atom. The van der Waals surface area contributed by atoms with E-state index in [1.807, 2.05) is 49.4 Å². The number of para-hydroxylation sites is 1. The van der Waals surface area contributed by atoms with Crippen LogP contribution >= 0.6 is 23.8 Å². The van der Waals surface area contributed by atoms with Gasteiger partial charge in [-0.2, -0.15) is 0 Å². The molecule has 5 nitrogen and oxygen atoms in total. The Balaban J connectivity index is 1.70. The minimum absolute atomic E-state index is 0.152. The van der Waals surface area contributed by atoms with E-state index >= 15 is 0 Å². The fraction of sp³-hybridized carbons (Fsp3) is 0.182. The molecule has 0 fully saturated rings. The van der Waals surface area contributed by atoms with Crippen LogP contribution in [0.25, 0.3) is 0 Å². The second-order valence-corrected chi connectivity index (χ2v) is 7.14. The molecular weight excluding hydrogens is 410 g/mol. The summed E-state index contributed by atoms with van der Waals surface area (Å²) in [6.45, 7) is 3.64. The highest BCUT2D eigenvalue weighted by Crippen LogP contribution is 2.25. The second-order valence-electron chi connectivity index (χ2n) is 6.33. The molecule has 7 heteroatoms. The number of carbonyl (C=O) groups excluding carboxylic acids is 1. The molecule has 0 unspecified atom stereocenters. The van der Waals surface area contributed by atoms with Gasteiger partial charge in [0.25, 0.3) is 0 Å². The maximum absolute atomic E-state index is 11.1. The number of ether oxygens (including phenoxy) is 2. The predicted octanol–water partition coefficient (Wildman–Crippen LogP) is 5.67. The molecule has 150 valence electrons. The molecule has 0 aliphatic heterocycles. The molecular formula is C22H20ClNO4S. The van der Waals surface area contributed by atoms with Crippen molar-refractivity contribution in [1.82, 2.24) is 0 Å². The van der Waals surface area contributed by atoms with E-state index in [2.05, 4.69) is 5.32 Å². The van der Waals surface area contributed by atoms with E-state index in [-0.39, 0.29) is 19.2 Å². The number of hydrogen-bond acceptors (Lipinski definition) is 5. The summed E-state index contributed by atoms with van der Waals surface area (Å²) in [4.78, 5) is 11.6. The number of anilines is 1. The molecule has 3 rings (SSSR count). The van der Waals surface area contributed by atoms with E-state index < -0.39 is 0 Å². The molecule has 0 amide bonds. The summed E-state index contributed by atoms with van der Waals surface area (Å²) in [7, 11) is 0. The fourth-order valence-electron chi connectivity index (χ4n) is 2.68. The third kappa shape index (κ3) is 5.59. The number of thiocarbonyl (C=S) groups is 1. The van der Waals surface area contributed by atoms with Gasteiger partial charge >= 0.3 is 5.97 Å². The smallest absolute Gasteiger partial charge is 0.302 e. The average Bonchev–Trinajstić information content (AvgIpc) is 3.13. The van der Waals surface area contributed by atoms with Gasteiger partial charge in [0.1, 0.15) is 29.7 Å². The summed E-state index contributed by atoms with van der Waals surface area (Å²) in [5, 5.41) is 3.78. The van der Waals surface area contributed by atoms with Crippen molar-refractivity contribution in [3.8, 4) is 5.75 Å². The number of aryl methyl sites for hydroxylation is 1. The van der Waals surface area contributed by atoms with Gasteiger partial charge in [-0.15, -0.1) is 0 Å². The zero-order valence-corrected chi connectivity index (χ0v) is 17.6. The van der Waals surface area contributed by atoms with Crippen molar-refractivity contribution in [2.45, 2.75) is 27.1 Å². The van der Waals surface area contributed by atoms with E-state index in [1.165, 1.54) is 6.92 Å². The Morgan fingerprint density at radius 3 is 2.66 bits per heavy atom. The molecule has 0 radical (unpaired) electrons. The molecule has 0 spiro atoms. The first-order valence-corrected chi connectivity index (χ1v) is 9.70. The first-order valence-electron chi connectivity index (χ1n) is 8.92. The Kier molecular flexibility index (Phi) is 6.90. The number of rotatable bonds is 7. The maximum atomic E-state index is 11.1. The molecule has 2 aromatic carbocycles. The number of benzene rings is 2. The van der Waals surface area contributed by atoms with Crippen LogP contribution in [0.1, 0.15) is 29.4 Å². The highest BCUT2D eigenvalue weighted by Gasteiger charge is 2.11. The van der Waals surface area contributed by atoms with Crippen molar-refractivity contribution in [3.63, 3.8) is 0 Å². The predicted molar refractivity (Wildman–Crippen MR) is 116 cm³/mol. The minimum atomic E-state index is -0.342. The first kappa shape index (κ1) is 20.9. The summed E-state index contributed by atoms with van der Waals surface area (Å²) in [6, 6.07) is 14.7. The van der Waals surface area contributed by atoms with Crippen LogP contribution in [0.2, 0.25) is 5.02 Å². The van der Waals surface area contributed by atoms with Gasteiger partial charge in [-0.1, -0.05) is 42.0 Å². The van der Waals surface area contributed by atoms with E-state index in [0.29, 0.717) is 15.8 Å².